The number of nitrogens with one attached hydrogen (secondary N) is 1. The van der Waals surface area contributed by atoms with Crippen LogP contribution in [0.1, 0.15) is 55.6 Å². The first-order valence-corrected chi connectivity index (χ1v) is 9.75. The molecule has 6 heteroatoms. The highest BCUT2D eigenvalue weighted by Crippen LogP contribution is 2.35. The third-order valence-corrected chi connectivity index (χ3v) is 6.01. The van der Waals surface area contributed by atoms with Crippen LogP contribution in [-0.4, -0.2) is 64.3 Å². The first kappa shape index (κ1) is 18.4. The standard InChI is InChI=1S/C19H33N5O/c1-5-23-11-8-16(9-12-23)20-18(25)13-24-10-6-7-17(24)19-14(2)21-22(4)15(19)3/h16-17H,5-13H2,1-4H3,(H,20,25)/t17-/m1/s1. The second-order valence-corrected chi connectivity index (χ2v) is 7.61. The van der Waals surface area contributed by atoms with E-state index in [1.165, 1.54) is 11.3 Å². The second kappa shape index (κ2) is 7.87. The Balaban J connectivity index is 1.57. The Hall–Kier alpha value is -1.40. The van der Waals surface area contributed by atoms with E-state index in [9.17, 15) is 4.79 Å². The van der Waals surface area contributed by atoms with Crippen molar-refractivity contribution in [2.45, 2.75) is 58.5 Å². The Labute approximate surface area is 151 Å². The van der Waals surface area contributed by atoms with Crippen LogP contribution < -0.4 is 5.32 Å². The maximum absolute atomic E-state index is 12.6. The molecule has 2 aliphatic rings. The topological polar surface area (TPSA) is 53.4 Å². The number of likely N-dealkylation sites (tertiary alicyclic amines) is 2. The number of hydrogen-bond donors (Lipinski definition) is 1. The largest absolute Gasteiger partial charge is 0.352 e. The van der Waals surface area contributed by atoms with Crippen LogP contribution in [0.5, 0.6) is 0 Å². The van der Waals surface area contributed by atoms with E-state index < -0.39 is 0 Å². The molecule has 25 heavy (non-hydrogen) atoms. The van der Waals surface area contributed by atoms with Gasteiger partial charge in [-0.05, 0) is 52.6 Å². The zero-order chi connectivity index (χ0) is 18.0. The third-order valence-electron chi connectivity index (χ3n) is 6.01. The zero-order valence-electron chi connectivity index (χ0n) is 16.2. The zero-order valence-corrected chi connectivity index (χ0v) is 16.2. The van der Waals surface area contributed by atoms with Gasteiger partial charge in [-0.25, -0.2) is 0 Å². The van der Waals surface area contributed by atoms with Crippen LogP contribution in [-0.2, 0) is 11.8 Å². The van der Waals surface area contributed by atoms with E-state index in [4.69, 9.17) is 0 Å². The Morgan fingerprint density at radius 3 is 2.52 bits per heavy atom. The van der Waals surface area contributed by atoms with Crippen LogP contribution >= 0.6 is 0 Å². The van der Waals surface area contributed by atoms with Crippen LogP contribution in [0.15, 0.2) is 0 Å². The van der Waals surface area contributed by atoms with Gasteiger partial charge in [0.15, 0.2) is 0 Å². The molecule has 0 unspecified atom stereocenters. The van der Waals surface area contributed by atoms with Gasteiger partial charge in [0.2, 0.25) is 5.91 Å². The van der Waals surface area contributed by atoms with E-state index in [0.29, 0.717) is 18.6 Å². The van der Waals surface area contributed by atoms with Crippen molar-refractivity contribution in [2.75, 3.05) is 32.7 Å². The van der Waals surface area contributed by atoms with Crippen LogP contribution in [0.2, 0.25) is 0 Å². The predicted molar refractivity (Wildman–Crippen MR) is 99.5 cm³/mol. The number of hydrogen-bond acceptors (Lipinski definition) is 4. The first-order chi connectivity index (χ1) is 12.0. The van der Waals surface area contributed by atoms with Gasteiger partial charge in [0, 0.05) is 43.5 Å². The molecule has 1 N–H and O–H groups in total. The minimum absolute atomic E-state index is 0.182. The van der Waals surface area contributed by atoms with Crippen molar-refractivity contribution in [3.63, 3.8) is 0 Å². The molecule has 0 saturated carbocycles. The minimum atomic E-state index is 0.182. The molecular formula is C19H33N5O. The summed E-state index contributed by atoms with van der Waals surface area (Å²) in [6, 6.07) is 0.680. The lowest BCUT2D eigenvalue weighted by atomic mass is 10.0. The fourth-order valence-electron chi connectivity index (χ4n) is 4.47. The summed E-state index contributed by atoms with van der Waals surface area (Å²) in [5.74, 6) is 0.182. The fourth-order valence-corrected chi connectivity index (χ4v) is 4.47. The Morgan fingerprint density at radius 2 is 1.92 bits per heavy atom. The maximum atomic E-state index is 12.6. The van der Waals surface area contributed by atoms with Gasteiger partial charge in [0.1, 0.15) is 0 Å². The molecule has 3 rings (SSSR count). The van der Waals surface area contributed by atoms with Crippen LogP contribution in [0.3, 0.4) is 0 Å². The van der Waals surface area contributed by atoms with Crippen LogP contribution in [0.25, 0.3) is 0 Å². The lowest BCUT2D eigenvalue weighted by Crippen LogP contribution is -2.47. The molecule has 0 radical (unpaired) electrons. The van der Waals surface area contributed by atoms with Crippen molar-refractivity contribution in [3.8, 4) is 0 Å². The van der Waals surface area contributed by atoms with E-state index in [-0.39, 0.29) is 5.91 Å². The highest BCUT2D eigenvalue weighted by Gasteiger charge is 2.32. The van der Waals surface area contributed by atoms with Gasteiger partial charge >= 0.3 is 0 Å². The summed E-state index contributed by atoms with van der Waals surface area (Å²) in [6.07, 6.45) is 4.42. The van der Waals surface area contributed by atoms with Crippen molar-refractivity contribution in [2.24, 2.45) is 7.05 Å². The number of aryl methyl sites for hydroxylation is 2. The molecule has 1 atom stereocenters. The molecule has 1 amide bonds. The summed E-state index contributed by atoms with van der Waals surface area (Å²) in [7, 11) is 2.00. The quantitative estimate of drug-likeness (QED) is 0.882. The number of piperidine rings is 1. The number of carbonyl (C=O) groups is 1. The van der Waals surface area contributed by atoms with Crippen molar-refractivity contribution >= 4 is 5.91 Å². The van der Waals surface area contributed by atoms with E-state index >= 15 is 0 Å². The molecule has 0 spiro atoms. The predicted octanol–water partition coefficient (Wildman–Crippen LogP) is 1.77. The lowest BCUT2D eigenvalue weighted by Gasteiger charge is -2.32. The molecule has 6 nitrogen and oxygen atoms in total. The summed E-state index contributed by atoms with van der Waals surface area (Å²) >= 11 is 0. The summed E-state index contributed by atoms with van der Waals surface area (Å²) in [5.41, 5.74) is 3.65. The number of aromatic nitrogens is 2. The monoisotopic (exact) mass is 347 g/mol. The van der Waals surface area contributed by atoms with Gasteiger partial charge in [0.25, 0.3) is 0 Å². The van der Waals surface area contributed by atoms with Gasteiger partial charge in [-0.1, -0.05) is 6.92 Å². The average molecular weight is 348 g/mol. The Kier molecular flexibility index (Phi) is 5.79. The van der Waals surface area contributed by atoms with Gasteiger partial charge in [-0.3, -0.25) is 14.4 Å². The molecule has 140 valence electrons. The van der Waals surface area contributed by atoms with E-state index in [0.717, 1.165) is 57.6 Å². The van der Waals surface area contributed by atoms with E-state index in [1.54, 1.807) is 0 Å². The molecule has 0 aromatic carbocycles. The molecular weight excluding hydrogens is 314 g/mol. The maximum Gasteiger partial charge on any atom is 0.234 e. The Bertz CT molecular complexity index is 603. The lowest BCUT2D eigenvalue weighted by molar-refractivity contribution is -0.123. The summed E-state index contributed by atoms with van der Waals surface area (Å²) in [5, 5.41) is 7.83. The molecule has 1 aromatic rings. The third kappa shape index (κ3) is 4.06. The smallest absolute Gasteiger partial charge is 0.234 e. The van der Waals surface area contributed by atoms with Crippen LogP contribution in [0.4, 0.5) is 0 Å². The second-order valence-electron chi connectivity index (χ2n) is 7.61. The highest BCUT2D eigenvalue weighted by molar-refractivity contribution is 5.78. The van der Waals surface area contributed by atoms with Crippen molar-refractivity contribution in [3.05, 3.63) is 17.0 Å². The molecule has 0 bridgehead atoms. The van der Waals surface area contributed by atoms with Gasteiger partial charge in [-0.15, -0.1) is 0 Å². The van der Waals surface area contributed by atoms with Gasteiger partial charge in [-0.2, -0.15) is 5.10 Å². The van der Waals surface area contributed by atoms with Crippen molar-refractivity contribution in [1.82, 2.24) is 24.9 Å². The van der Waals surface area contributed by atoms with Gasteiger partial charge in [0.05, 0.1) is 12.2 Å². The minimum Gasteiger partial charge on any atom is -0.352 e. The number of nitrogens with zero attached hydrogens (tertiary/aromatic N) is 4. The Morgan fingerprint density at radius 1 is 1.20 bits per heavy atom. The highest BCUT2D eigenvalue weighted by atomic mass is 16.2. The molecule has 2 saturated heterocycles. The summed E-state index contributed by atoms with van der Waals surface area (Å²) in [6.45, 7) is 11.2. The molecule has 3 heterocycles. The number of amides is 1. The van der Waals surface area contributed by atoms with Gasteiger partial charge < -0.3 is 10.2 Å². The average Bonchev–Trinajstić information content (AvgIpc) is 3.12. The summed E-state index contributed by atoms with van der Waals surface area (Å²) in [4.78, 5) is 17.4. The molecule has 2 aliphatic heterocycles. The van der Waals surface area contributed by atoms with Crippen molar-refractivity contribution in [1.29, 1.82) is 0 Å². The SMILES string of the molecule is CCN1CCC(NC(=O)CN2CCC[C@@H]2c2c(C)nn(C)c2C)CC1. The fraction of sp³-hybridized carbons (Fsp3) is 0.789. The van der Waals surface area contributed by atoms with Crippen molar-refractivity contribution < 1.29 is 4.79 Å². The first-order valence-electron chi connectivity index (χ1n) is 9.75. The molecule has 0 aliphatic carbocycles. The molecule has 2 fully saturated rings. The van der Waals surface area contributed by atoms with Crippen LogP contribution in [0, 0.1) is 13.8 Å². The number of carbonyl (C=O) groups excluding carboxylic acids is 1. The number of rotatable bonds is 5. The summed E-state index contributed by atoms with van der Waals surface area (Å²) < 4.78 is 1.96. The van der Waals surface area contributed by atoms with E-state index in [2.05, 4.69) is 41.0 Å². The normalized spacial score (nSPS) is 23.3. The molecule has 1 aromatic heterocycles. The van der Waals surface area contributed by atoms with E-state index in [1.807, 2.05) is 11.7 Å².